The van der Waals surface area contributed by atoms with Crippen molar-refractivity contribution in [2.24, 2.45) is 0 Å². The van der Waals surface area contributed by atoms with E-state index in [1.165, 1.54) is 0 Å². The quantitative estimate of drug-likeness (QED) is 0.647. The molecule has 0 atom stereocenters. The third kappa shape index (κ3) is 3.22. The van der Waals surface area contributed by atoms with Crippen LogP contribution < -0.4 is 0 Å². The summed E-state index contributed by atoms with van der Waals surface area (Å²) >= 11 is 5.86. The fourth-order valence-corrected chi connectivity index (χ4v) is 2.51. The number of ketones is 2. The van der Waals surface area contributed by atoms with E-state index in [1.807, 2.05) is 6.07 Å². The highest BCUT2D eigenvalue weighted by Gasteiger charge is 2.18. The van der Waals surface area contributed by atoms with Gasteiger partial charge in [0.25, 0.3) is 0 Å². The van der Waals surface area contributed by atoms with E-state index in [-0.39, 0.29) is 11.6 Å². The van der Waals surface area contributed by atoms with Gasteiger partial charge in [0.2, 0.25) is 0 Å². The fraction of sp³-hybridized carbons (Fsp3) is 0. The zero-order valence-electron chi connectivity index (χ0n) is 12.2. The molecule has 0 radical (unpaired) electrons. The van der Waals surface area contributed by atoms with Crippen LogP contribution in [0.4, 0.5) is 0 Å². The number of hydrogen-bond acceptors (Lipinski definition) is 2. The van der Waals surface area contributed by atoms with Crippen molar-refractivity contribution in [3.8, 4) is 0 Å². The van der Waals surface area contributed by atoms with Crippen molar-refractivity contribution in [1.82, 2.24) is 0 Å². The van der Waals surface area contributed by atoms with Crippen LogP contribution in [0.5, 0.6) is 0 Å². The van der Waals surface area contributed by atoms with E-state index in [1.54, 1.807) is 72.8 Å². The summed E-state index contributed by atoms with van der Waals surface area (Å²) < 4.78 is 0. The van der Waals surface area contributed by atoms with Crippen molar-refractivity contribution in [1.29, 1.82) is 0 Å². The van der Waals surface area contributed by atoms with E-state index in [0.717, 1.165) is 0 Å². The highest BCUT2D eigenvalue weighted by atomic mass is 35.5. The largest absolute Gasteiger partial charge is 0.289 e. The summed E-state index contributed by atoms with van der Waals surface area (Å²) in [4.78, 5) is 25.4. The van der Waals surface area contributed by atoms with E-state index in [9.17, 15) is 9.59 Å². The van der Waals surface area contributed by atoms with Gasteiger partial charge in [0.05, 0.1) is 0 Å². The molecule has 0 aliphatic heterocycles. The number of rotatable bonds is 4. The molecule has 0 spiro atoms. The van der Waals surface area contributed by atoms with Crippen molar-refractivity contribution in [2.75, 3.05) is 0 Å². The predicted octanol–water partition coefficient (Wildman–Crippen LogP) is 4.80. The molecule has 0 fully saturated rings. The van der Waals surface area contributed by atoms with Gasteiger partial charge in [0, 0.05) is 27.3 Å². The molecular formula is C20H13ClO2. The van der Waals surface area contributed by atoms with E-state index in [2.05, 4.69) is 0 Å². The van der Waals surface area contributed by atoms with Gasteiger partial charge in [-0.15, -0.1) is 0 Å². The Hall–Kier alpha value is -2.71. The third-order valence-corrected chi connectivity index (χ3v) is 3.81. The zero-order chi connectivity index (χ0) is 16.2. The molecule has 0 amide bonds. The van der Waals surface area contributed by atoms with Gasteiger partial charge >= 0.3 is 0 Å². The Morgan fingerprint density at radius 2 is 1.00 bits per heavy atom. The Morgan fingerprint density at radius 3 is 1.52 bits per heavy atom. The van der Waals surface area contributed by atoms with Crippen LogP contribution in [0.2, 0.25) is 5.02 Å². The van der Waals surface area contributed by atoms with Gasteiger partial charge in [-0.1, -0.05) is 66.2 Å². The molecule has 3 aromatic carbocycles. The minimum atomic E-state index is -0.193. The van der Waals surface area contributed by atoms with Crippen LogP contribution in [0, 0.1) is 0 Å². The molecule has 0 aliphatic rings. The minimum Gasteiger partial charge on any atom is -0.289 e. The Balaban J connectivity index is 2.03. The predicted molar refractivity (Wildman–Crippen MR) is 91.2 cm³/mol. The van der Waals surface area contributed by atoms with E-state index in [4.69, 9.17) is 11.6 Å². The first-order valence-electron chi connectivity index (χ1n) is 7.16. The monoisotopic (exact) mass is 320 g/mol. The average Bonchev–Trinajstić information content (AvgIpc) is 2.62. The molecule has 0 N–H and O–H groups in total. The van der Waals surface area contributed by atoms with Gasteiger partial charge < -0.3 is 0 Å². The summed E-state index contributed by atoms with van der Waals surface area (Å²) in [6.45, 7) is 0. The maximum atomic E-state index is 12.7. The molecule has 3 rings (SSSR count). The Labute approximate surface area is 139 Å². The first-order chi connectivity index (χ1) is 11.2. The van der Waals surface area contributed by atoms with E-state index >= 15 is 0 Å². The lowest BCUT2D eigenvalue weighted by molar-refractivity contribution is 0.100. The number of hydrogen-bond donors (Lipinski definition) is 0. The molecule has 3 heteroatoms. The lowest BCUT2D eigenvalue weighted by Crippen LogP contribution is -2.11. The molecule has 0 saturated carbocycles. The van der Waals surface area contributed by atoms with Gasteiger partial charge in [0.15, 0.2) is 11.6 Å². The van der Waals surface area contributed by atoms with Crippen molar-refractivity contribution in [3.63, 3.8) is 0 Å². The van der Waals surface area contributed by atoms with Gasteiger partial charge in [-0.05, 0) is 24.3 Å². The molecule has 3 aromatic rings. The number of benzene rings is 3. The van der Waals surface area contributed by atoms with Crippen molar-refractivity contribution in [2.45, 2.75) is 0 Å². The lowest BCUT2D eigenvalue weighted by atomic mass is 9.93. The molecule has 0 bridgehead atoms. The zero-order valence-corrected chi connectivity index (χ0v) is 13.0. The Kier molecular flexibility index (Phi) is 4.35. The van der Waals surface area contributed by atoms with E-state index < -0.39 is 0 Å². The maximum Gasteiger partial charge on any atom is 0.193 e. The summed E-state index contributed by atoms with van der Waals surface area (Å²) in [5, 5.41) is 0.565. The summed E-state index contributed by atoms with van der Waals surface area (Å²) in [7, 11) is 0. The third-order valence-electron chi connectivity index (χ3n) is 3.56. The molecule has 2 nitrogen and oxygen atoms in total. The van der Waals surface area contributed by atoms with Gasteiger partial charge in [0.1, 0.15) is 0 Å². The number of halogens is 1. The highest BCUT2D eigenvalue weighted by Crippen LogP contribution is 2.19. The molecule has 0 unspecified atom stereocenters. The molecule has 0 aromatic heterocycles. The standard InChI is InChI=1S/C20H13ClO2/c21-16-12-10-15(11-13-16)20(23)18-9-5-4-8-17(18)19(22)14-6-2-1-3-7-14/h1-13H. The fourth-order valence-electron chi connectivity index (χ4n) is 2.38. The second-order valence-corrected chi connectivity index (χ2v) is 5.51. The minimum absolute atomic E-state index is 0.163. The summed E-state index contributed by atoms with van der Waals surface area (Å²) in [5.74, 6) is -0.356. The number of carbonyl (C=O) groups is 2. The summed E-state index contributed by atoms with van der Waals surface area (Å²) in [5.41, 5.74) is 1.86. The second-order valence-electron chi connectivity index (χ2n) is 5.08. The summed E-state index contributed by atoms with van der Waals surface area (Å²) in [6, 6.07) is 22.5. The molecule has 0 saturated heterocycles. The topological polar surface area (TPSA) is 34.1 Å². The first-order valence-corrected chi connectivity index (χ1v) is 7.53. The van der Waals surface area contributed by atoms with Crippen LogP contribution in [-0.2, 0) is 0 Å². The molecule has 0 heterocycles. The maximum absolute atomic E-state index is 12.7. The van der Waals surface area contributed by atoms with Gasteiger partial charge in [-0.25, -0.2) is 0 Å². The Morgan fingerprint density at radius 1 is 0.565 bits per heavy atom. The van der Waals surface area contributed by atoms with Gasteiger partial charge in [-0.3, -0.25) is 9.59 Å². The highest BCUT2D eigenvalue weighted by molar-refractivity contribution is 6.30. The number of carbonyl (C=O) groups excluding carboxylic acids is 2. The second kappa shape index (κ2) is 6.59. The van der Waals surface area contributed by atoms with Crippen LogP contribution in [-0.4, -0.2) is 11.6 Å². The van der Waals surface area contributed by atoms with Crippen LogP contribution in [0.3, 0.4) is 0 Å². The molecule has 0 aliphatic carbocycles. The average molecular weight is 321 g/mol. The normalized spacial score (nSPS) is 10.3. The SMILES string of the molecule is O=C(c1ccccc1)c1ccccc1C(=O)c1ccc(Cl)cc1. The van der Waals surface area contributed by atoms with Gasteiger partial charge in [-0.2, -0.15) is 0 Å². The smallest absolute Gasteiger partial charge is 0.193 e. The molecule has 112 valence electrons. The van der Waals surface area contributed by atoms with Crippen LogP contribution in [0.1, 0.15) is 31.8 Å². The van der Waals surface area contributed by atoms with Crippen molar-refractivity contribution >= 4 is 23.2 Å². The van der Waals surface area contributed by atoms with Crippen LogP contribution in [0.15, 0.2) is 78.9 Å². The Bertz CT molecular complexity index is 852. The van der Waals surface area contributed by atoms with Crippen molar-refractivity contribution in [3.05, 3.63) is 106 Å². The van der Waals surface area contributed by atoms with Crippen molar-refractivity contribution < 1.29 is 9.59 Å². The first kappa shape index (κ1) is 15.2. The van der Waals surface area contributed by atoms with Crippen LogP contribution in [0.25, 0.3) is 0 Å². The lowest BCUT2D eigenvalue weighted by Gasteiger charge is -2.08. The molecule has 23 heavy (non-hydrogen) atoms. The van der Waals surface area contributed by atoms with Crippen LogP contribution >= 0.6 is 11.6 Å². The molecular weight excluding hydrogens is 308 g/mol. The van der Waals surface area contributed by atoms with E-state index in [0.29, 0.717) is 27.3 Å². The summed E-state index contributed by atoms with van der Waals surface area (Å²) in [6.07, 6.45) is 0.